The molecule has 0 aliphatic heterocycles. The van der Waals surface area contributed by atoms with E-state index in [4.69, 9.17) is 4.42 Å². The number of fused-ring (bicyclic) bond motifs is 1. The Balaban J connectivity index is 2.83. The second-order valence-electron chi connectivity index (χ2n) is 2.32. The molecule has 0 aliphatic carbocycles. The van der Waals surface area contributed by atoms with Crippen LogP contribution >= 0.6 is 0 Å². The Morgan fingerprint density at radius 3 is 3.17 bits per heavy atom. The molecule has 0 saturated carbocycles. The Morgan fingerprint density at radius 1 is 1.25 bits per heavy atom. The van der Waals surface area contributed by atoms with Gasteiger partial charge in [0.15, 0.2) is 0 Å². The predicted molar refractivity (Wildman–Crippen MR) is 46.0 cm³/mol. The van der Waals surface area contributed by atoms with Crippen molar-refractivity contribution in [1.82, 2.24) is 9.97 Å². The van der Waals surface area contributed by atoms with Crippen LogP contribution in [-0.2, 0) is 0 Å². The van der Waals surface area contributed by atoms with Gasteiger partial charge in [-0.2, -0.15) is 0 Å². The van der Waals surface area contributed by atoms with Gasteiger partial charge in [-0.05, 0) is 12.1 Å². The highest BCUT2D eigenvalue weighted by atomic mass is 16.3. The molecule has 3 nitrogen and oxygen atoms in total. The van der Waals surface area contributed by atoms with E-state index in [9.17, 15) is 0 Å². The number of nitrogens with one attached hydrogen (secondary N) is 1. The first-order chi connectivity index (χ1) is 5.97. The molecule has 0 radical (unpaired) electrons. The zero-order valence-electron chi connectivity index (χ0n) is 6.40. The summed E-state index contributed by atoms with van der Waals surface area (Å²) < 4.78 is 5.27. The topological polar surface area (TPSA) is 41.8 Å². The molecule has 2 aromatic rings. The molecule has 1 heterocycles. The maximum atomic E-state index is 5.27. The van der Waals surface area contributed by atoms with E-state index in [0.717, 1.165) is 11.1 Å². The highest BCUT2D eigenvalue weighted by Gasteiger charge is 1.86. The van der Waals surface area contributed by atoms with E-state index in [-0.39, 0.29) is 0 Å². The minimum Gasteiger partial charge on any atom is -0.461 e. The molecule has 1 aromatic heterocycles. The van der Waals surface area contributed by atoms with Crippen molar-refractivity contribution in [1.29, 1.82) is 0 Å². The summed E-state index contributed by atoms with van der Waals surface area (Å²) in [5.74, 6) is 0. The molecule has 12 heavy (non-hydrogen) atoms. The highest BCUT2D eigenvalue weighted by molar-refractivity contribution is 5.70. The van der Waals surface area contributed by atoms with E-state index in [1.807, 2.05) is 24.3 Å². The Labute approximate surface area is 69.4 Å². The Morgan fingerprint density at radius 2 is 2.17 bits per heavy atom. The summed E-state index contributed by atoms with van der Waals surface area (Å²) in [6.07, 6.45) is 4.76. The molecule has 0 atom stereocenters. The third-order valence-electron chi connectivity index (χ3n) is 1.52. The first-order valence-corrected chi connectivity index (χ1v) is 3.66. The normalized spacial score (nSPS) is 9.67. The maximum Gasteiger partial charge on any atom is 0.150 e. The van der Waals surface area contributed by atoms with Crippen molar-refractivity contribution in [3.63, 3.8) is 0 Å². The summed E-state index contributed by atoms with van der Waals surface area (Å²) in [6.45, 7) is 0. The van der Waals surface area contributed by atoms with Crippen LogP contribution in [-0.4, -0.2) is 9.97 Å². The molecular formula is C9H8N2O. The highest BCUT2D eigenvalue weighted by Crippen LogP contribution is 2.06. The number of rotatable bonds is 0. The lowest BCUT2D eigenvalue weighted by molar-refractivity contribution is 0.602. The van der Waals surface area contributed by atoms with Crippen molar-refractivity contribution in [3.8, 4) is 0 Å². The van der Waals surface area contributed by atoms with Gasteiger partial charge in [0, 0.05) is 0 Å². The molecule has 2 rings (SSSR count). The van der Waals surface area contributed by atoms with Crippen molar-refractivity contribution in [2.75, 3.05) is 0 Å². The summed E-state index contributed by atoms with van der Waals surface area (Å²) in [5.41, 5.74) is 1.73. The molecule has 0 unspecified atom stereocenters. The molecule has 60 valence electrons. The second kappa shape index (κ2) is 3.09. The Hall–Kier alpha value is -1.77. The quantitative estimate of drug-likeness (QED) is 0.642. The molecule has 0 spiro atoms. The molecule has 0 aliphatic rings. The van der Waals surface area contributed by atoms with Crippen LogP contribution in [0.2, 0.25) is 0 Å². The number of nitrogens with zero attached hydrogens (tertiary/aromatic N) is 1. The molecule has 0 bridgehead atoms. The fourth-order valence-corrected chi connectivity index (χ4v) is 0.977. The predicted octanol–water partition coefficient (Wildman–Crippen LogP) is 2.28. The molecule has 1 N–H and O–H groups in total. The van der Waals surface area contributed by atoms with Crippen LogP contribution < -0.4 is 0 Å². The van der Waals surface area contributed by atoms with Crippen LogP contribution in [0.15, 0.2) is 47.5 Å². The summed E-state index contributed by atoms with van der Waals surface area (Å²) in [7, 11) is 0. The van der Waals surface area contributed by atoms with E-state index in [1.54, 1.807) is 18.8 Å². The summed E-state index contributed by atoms with van der Waals surface area (Å²) in [4.78, 5) is 6.89. The lowest BCUT2D eigenvalue weighted by atomic mass is 10.3. The van der Waals surface area contributed by atoms with E-state index in [0.29, 0.717) is 0 Å². The minimum atomic E-state index is 0.805. The van der Waals surface area contributed by atoms with Gasteiger partial charge in [0.1, 0.15) is 11.8 Å². The number of H-pyrrole nitrogens is 1. The number of aromatic amines is 1. The number of para-hydroxylation sites is 2. The molecule has 0 amide bonds. The van der Waals surface area contributed by atoms with Gasteiger partial charge in [0.2, 0.25) is 0 Å². The van der Waals surface area contributed by atoms with Gasteiger partial charge in [0.05, 0.1) is 18.0 Å². The summed E-state index contributed by atoms with van der Waals surface area (Å²) in [6, 6.07) is 7.69. The summed E-state index contributed by atoms with van der Waals surface area (Å²) >= 11 is 0. The average molecular weight is 160 g/mol. The third kappa shape index (κ3) is 1.29. The van der Waals surface area contributed by atoms with Crippen LogP contribution in [0.3, 0.4) is 0 Å². The van der Waals surface area contributed by atoms with Gasteiger partial charge in [-0.25, -0.2) is 4.98 Å². The second-order valence-corrected chi connectivity index (χ2v) is 2.32. The van der Waals surface area contributed by atoms with Gasteiger partial charge < -0.3 is 9.40 Å². The van der Waals surface area contributed by atoms with E-state index in [1.165, 1.54) is 0 Å². The number of hydrogen-bond donors (Lipinski definition) is 1. The van der Waals surface area contributed by atoms with Gasteiger partial charge in [-0.1, -0.05) is 12.1 Å². The van der Waals surface area contributed by atoms with Crippen LogP contribution in [0.4, 0.5) is 0 Å². The SMILES string of the molecule is c1ccc2occnc[nH]c2c1. The van der Waals surface area contributed by atoms with Gasteiger partial charge >= 0.3 is 0 Å². The third-order valence-corrected chi connectivity index (χ3v) is 1.52. The molecule has 0 fully saturated rings. The Bertz CT molecular complexity index is 374. The van der Waals surface area contributed by atoms with Crippen LogP contribution in [0.1, 0.15) is 0 Å². The van der Waals surface area contributed by atoms with Crippen molar-refractivity contribution in [2.24, 2.45) is 0 Å². The molecule has 1 aromatic carbocycles. The van der Waals surface area contributed by atoms with Crippen molar-refractivity contribution in [3.05, 3.63) is 43.1 Å². The largest absolute Gasteiger partial charge is 0.461 e. The lowest BCUT2D eigenvalue weighted by Gasteiger charge is -1.91. The number of aromatic nitrogens is 2. The first-order valence-electron chi connectivity index (χ1n) is 3.66. The standard InChI is InChI=1S/C9H8N2O/c1-2-4-9-8(3-1)11-7-10-5-6-12-9/h1-7H,(H,10,11). The van der Waals surface area contributed by atoms with E-state index < -0.39 is 0 Å². The number of hydrogen-bond acceptors (Lipinski definition) is 2. The number of benzene rings is 1. The van der Waals surface area contributed by atoms with Crippen molar-refractivity contribution < 1.29 is 4.42 Å². The molecular weight excluding hydrogens is 152 g/mol. The zero-order chi connectivity index (χ0) is 8.23. The monoisotopic (exact) mass is 160 g/mol. The fraction of sp³-hybridized carbons (Fsp3) is 0. The van der Waals surface area contributed by atoms with Crippen LogP contribution in [0, 0.1) is 0 Å². The average Bonchev–Trinajstić information content (AvgIpc) is 2.06. The molecule has 3 heteroatoms. The molecule has 0 saturated heterocycles. The van der Waals surface area contributed by atoms with Gasteiger partial charge in [-0.3, -0.25) is 0 Å². The van der Waals surface area contributed by atoms with Crippen LogP contribution in [0.25, 0.3) is 11.1 Å². The van der Waals surface area contributed by atoms with Gasteiger partial charge in [-0.15, -0.1) is 0 Å². The first kappa shape index (κ1) is 6.91. The summed E-state index contributed by atoms with van der Waals surface area (Å²) in [5, 5.41) is 0. The minimum absolute atomic E-state index is 0.805. The van der Waals surface area contributed by atoms with E-state index in [2.05, 4.69) is 9.97 Å². The van der Waals surface area contributed by atoms with E-state index >= 15 is 0 Å². The van der Waals surface area contributed by atoms with Crippen molar-refractivity contribution in [2.45, 2.75) is 0 Å². The zero-order valence-corrected chi connectivity index (χ0v) is 6.40. The smallest absolute Gasteiger partial charge is 0.150 e. The maximum absolute atomic E-state index is 5.27. The lowest BCUT2D eigenvalue weighted by Crippen LogP contribution is -1.74. The van der Waals surface area contributed by atoms with Gasteiger partial charge in [0.25, 0.3) is 0 Å². The van der Waals surface area contributed by atoms with Crippen LogP contribution in [0.5, 0.6) is 0 Å². The fourth-order valence-electron chi connectivity index (χ4n) is 0.977. The van der Waals surface area contributed by atoms with Crippen molar-refractivity contribution >= 4 is 11.1 Å². The Kier molecular flexibility index (Phi) is 1.78.